The van der Waals surface area contributed by atoms with E-state index >= 15 is 0 Å². The topological polar surface area (TPSA) is 126 Å². The average Bonchev–Trinajstić information content (AvgIpc) is 3.40. The van der Waals surface area contributed by atoms with Gasteiger partial charge in [-0.25, -0.2) is 14.5 Å². The average molecular weight is 494 g/mol. The van der Waals surface area contributed by atoms with Crippen molar-refractivity contribution in [3.8, 4) is 11.1 Å². The van der Waals surface area contributed by atoms with E-state index in [1.807, 2.05) is 25.2 Å². The van der Waals surface area contributed by atoms with E-state index in [1.54, 1.807) is 24.3 Å². The number of imidazole rings is 1. The Morgan fingerprint density at radius 2 is 1.92 bits per heavy atom. The number of hydrogen-bond donors (Lipinski definition) is 4. The van der Waals surface area contributed by atoms with Crippen LogP contribution in [-0.4, -0.2) is 43.2 Å². The van der Waals surface area contributed by atoms with Crippen LogP contribution in [0.2, 0.25) is 0 Å². The van der Waals surface area contributed by atoms with E-state index in [0.29, 0.717) is 28.3 Å². The summed E-state index contributed by atoms with van der Waals surface area (Å²) in [6, 6.07) is 11.0. The fourth-order valence-corrected chi connectivity index (χ4v) is 4.15. The number of aromatic amines is 1. The summed E-state index contributed by atoms with van der Waals surface area (Å²) in [5.74, 6) is -0.252. The Hall–Kier alpha value is -4.61. The molecule has 3 heterocycles. The molecule has 5 rings (SSSR count). The molecular weight excluding hydrogens is 473 g/mol. The van der Waals surface area contributed by atoms with Gasteiger partial charge in [0.2, 0.25) is 5.95 Å². The number of aromatic nitrogens is 5. The maximum absolute atomic E-state index is 12.7. The van der Waals surface area contributed by atoms with Gasteiger partial charge < -0.3 is 21.4 Å². The van der Waals surface area contributed by atoms with Crippen LogP contribution in [-0.2, 0) is 0 Å². The first-order valence-corrected chi connectivity index (χ1v) is 10.9. The highest BCUT2D eigenvalue weighted by atomic mass is 19.4. The molecule has 12 heteroatoms. The van der Waals surface area contributed by atoms with Gasteiger partial charge in [-0.1, -0.05) is 18.2 Å². The molecule has 0 saturated carbocycles. The number of nitrogens with two attached hydrogens (primary N) is 1. The van der Waals surface area contributed by atoms with Crippen LogP contribution in [0.25, 0.3) is 27.7 Å². The van der Waals surface area contributed by atoms with Gasteiger partial charge in [0.1, 0.15) is 18.4 Å². The van der Waals surface area contributed by atoms with E-state index in [-0.39, 0.29) is 11.4 Å². The van der Waals surface area contributed by atoms with E-state index in [4.69, 9.17) is 5.73 Å². The third-order valence-corrected chi connectivity index (χ3v) is 5.67. The van der Waals surface area contributed by atoms with Crippen LogP contribution in [0, 0.1) is 13.8 Å². The van der Waals surface area contributed by atoms with E-state index in [2.05, 4.69) is 31.4 Å². The van der Waals surface area contributed by atoms with Crippen molar-refractivity contribution in [3.63, 3.8) is 0 Å². The third kappa shape index (κ3) is 4.40. The van der Waals surface area contributed by atoms with Crippen molar-refractivity contribution < 1.29 is 18.0 Å². The molecule has 0 fully saturated rings. The number of carbonyl (C=O) groups is 1. The smallest absolute Gasteiger partial charge is 0.382 e. The molecular formula is C24H21F3N8O. The number of anilines is 3. The van der Waals surface area contributed by atoms with Crippen LogP contribution in [0.15, 0.2) is 48.9 Å². The lowest BCUT2D eigenvalue weighted by Gasteiger charge is -2.10. The van der Waals surface area contributed by atoms with E-state index < -0.39 is 18.6 Å². The number of nitrogens with one attached hydrogen (secondary N) is 3. The molecule has 0 saturated heterocycles. The van der Waals surface area contributed by atoms with Crippen molar-refractivity contribution in [1.82, 2.24) is 29.9 Å². The summed E-state index contributed by atoms with van der Waals surface area (Å²) in [6.45, 7) is 2.55. The second-order valence-electron chi connectivity index (χ2n) is 8.42. The monoisotopic (exact) mass is 494 g/mol. The molecule has 0 aliphatic heterocycles. The van der Waals surface area contributed by atoms with Crippen molar-refractivity contribution in [2.45, 2.75) is 20.0 Å². The van der Waals surface area contributed by atoms with Gasteiger partial charge in [0, 0.05) is 17.4 Å². The van der Waals surface area contributed by atoms with Crippen LogP contribution in [0.4, 0.5) is 30.6 Å². The molecule has 3 aromatic heterocycles. The molecule has 0 unspecified atom stereocenters. The molecule has 0 aliphatic carbocycles. The minimum atomic E-state index is -4.55. The number of amides is 1. The highest BCUT2D eigenvalue weighted by Gasteiger charge is 2.29. The van der Waals surface area contributed by atoms with Crippen molar-refractivity contribution in [3.05, 3.63) is 65.6 Å². The highest BCUT2D eigenvalue weighted by Crippen LogP contribution is 2.33. The second-order valence-corrected chi connectivity index (χ2v) is 8.42. The molecule has 184 valence electrons. The van der Waals surface area contributed by atoms with E-state index in [1.165, 1.54) is 17.0 Å². The number of fused-ring (bicyclic) bond motifs is 2. The molecule has 0 bridgehead atoms. The number of nitrogens with zero attached hydrogens (tertiary/aromatic N) is 4. The number of rotatable bonds is 5. The molecule has 0 atom stereocenters. The van der Waals surface area contributed by atoms with Crippen LogP contribution in [0.5, 0.6) is 0 Å². The molecule has 5 aromatic rings. The Morgan fingerprint density at radius 3 is 2.64 bits per heavy atom. The Morgan fingerprint density at radius 1 is 1.17 bits per heavy atom. The summed E-state index contributed by atoms with van der Waals surface area (Å²) in [6.07, 6.45) is -2.01. The Labute approximate surface area is 202 Å². The minimum Gasteiger partial charge on any atom is -0.382 e. The SMILES string of the molecule is Cc1cc(C)c2[nH]c(Nc3ccc(-c4c(C(=O)NCC(F)(F)F)cn5ncnc(N)c45)cc3)nc2c1. The van der Waals surface area contributed by atoms with Crippen LogP contribution < -0.4 is 16.4 Å². The van der Waals surface area contributed by atoms with Crippen molar-refractivity contribution >= 4 is 39.9 Å². The largest absolute Gasteiger partial charge is 0.405 e. The lowest BCUT2D eigenvalue weighted by molar-refractivity contribution is -0.123. The highest BCUT2D eigenvalue weighted by molar-refractivity contribution is 6.07. The second kappa shape index (κ2) is 8.56. The summed E-state index contributed by atoms with van der Waals surface area (Å²) < 4.78 is 39.4. The molecule has 0 spiro atoms. The normalized spacial score (nSPS) is 11.8. The first-order chi connectivity index (χ1) is 17.1. The van der Waals surface area contributed by atoms with Crippen LogP contribution >= 0.6 is 0 Å². The summed E-state index contributed by atoms with van der Waals surface area (Å²) >= 11 is 0. The maximum atomic E-state index is 12.7. The number of benzene rings is 2. The molecule has 0 radical (unpaired) electrons. The summed E-state index contributed by atoms with van der Waals surface area (Å²) in [7, 11) is 0. The third-order valence-electron chi connectivity index (χ3n) is 5.67. The van der Waals surface area contributed by atoms with Gasteiger partial charge in [0.15, 0.2) is 5.82 Å². The lowest BCUT2D eigenvalue weighted by Crippen LogP contribution is -2.33. The predicted molar refractivity (Wildman–Crippen MR) is 130 cm³/mol. The summed E-state index contributed by atoms with van der Waals surface area (Å²) in [5.41, 5.74) is 11.9. The summed E-state index contributed by atoms with van der Waals surface area (Å²) in [5, 5.41) is 9.16. The quantitative estimate of drug-likeness (QED) is 0.285. The van der Waals surface area contributed by atoms with Gasteiger partial charge in [-0.05, 0) is 48.7 Å². The predicted octanol–water partition coefficient (Wildman–Crippen LogP) is 4.51. The first-order valence-electron chi connectivity index (χ1n) is 10.9. The van der Waals surface area contributed by atoms with Crippen molar-refractivity contribution in [2.24, 2.45) is 0 Å². The number of halogens is 3. The zero-order valence-electron chi connectivity index (χ0n) is 19.2. The zero-order chi connectivity index (χ0) is 25.6. The molecule has 2 aromatic carbocycles. The molecule has 0 aliphatic rings. The van der Waals surface area contributed by atoms with Gasteiger partial charge in [-0.15, -0.1) is 0 Å². The first kappa shape index (κ1) is 23.1. The van der Waals surface area contributed by atoms with E-state index in [9.17, 15) is 18.0 Å². The van der Waals surface area contributed by atoms with Gasteiger partial charge >= 0.3 is 6.18 Å². The van der Waals surface area contributed by atoms with Gasteiger partial charge in [-0.3, -0.25) is 4.79 Å². The number of H-pyrrole nitrogens is 1. The number of hydrogen-bond acceptors (Lipinski definition) is 6. The molecule has 36 heavy (non-hydrogen) atoms. The fraction of sp³-hybridized carbons (Fsp3) is 0.167. The standard InChI is InChI=1S/C24H21F3N8O/c1-12-7-13(2)19-17(8-12)33-23(34-19)32-15-5-3-14(4-6-15)18-16(22(36)29-10-24(25,26)27)9-35-20(18)21(28)30-11-31-35/h3-9,11H,10H2,1-2H3,(H,29,36)(H2,28,30,31)(H2,32,33,34). The number of alkyl halides is 3. The van der Waals surface area contributed by atoms with Gasteiger partial charge in [-0.2, -0.15) is 18.3 Å². The minimum absolute atomic E-state index is 0.00436. The van der Waals surface area contributed by atoms with Crippen molar-refractivity contribution in [1.29, 1.82) is 0 Å². The lowest BCUT2D eigenvalue weighted by atomic mass is 10.0. The molecule has 1 amide bonds. The number of carbonyl (C=O) groups excluding carboxylic acids is 1. The van der Waals surface area contributed by atoms with Crippen LogP contribution in [0.1, 0.15) is 21.5 Å². The van der Waals surface area contributed by atoms with E-state index in [0.717, 1.165) is 22.2 Å². The number of aryl methyl sites for hydroxylation is 2. The molecule has 5 N–H and O–H groups in total. The van der Waals surface area contributed by atoms with Gasteiger partial charge in [0.05, 0.1) is 16.6 Å². The Kier molecular flexibility index (Phi) is 5.50. The Balaban J connectivity index is 1.49. The summed E-state index contributed by atoms with van der Waals surface area (Å²) in [4.78, 5) is 24.5. The van der Waals surface area contributed by atoms with Crippen LogP contribution in [0.3, 0.4) is 0 Å². The van der Waals surface area contributed by atoms with Crippen molar-refractivity contribution in [2.75, 3.05) is 17.6 Å². The molecule has 9 nitrogen and oxygen atoms in total. The fourth-order valence-electron chi connectivity index (χ4n) is 4.15. The van der Waals surface area contributed by atoms with Gasteiger partial charge in [0.25, 0.3) is 5.91 Å². The zero-order valence-corrected chi connectivity index (χ0v) is 19.2. The Bertz CT molecular complexity index is 1600. The number of nitrogen functional groups attached to an aromatic ring is 1. The maximum Gasteiger partial charge on any atom is 0.405 e.